The average molecular weight is 989 g/mol. The van der Waals surface area contributed by atoms with Crippen LogP contribution in [0.3, 0.4) is 0 Å². The number of anilines is 3. The minimum atomic E-state index is -3.32. The molecule has 0 unspecified atom stereocenters. The molecule has 2 aliphatic heterocycles. The molecule has 20 nitrogen and oxygen atoms in total. The van der Waals surface area contributed by atoms with E-state index >= 15 is 0 Å². The van der Waals surface area contributed by atoms with Crippen LogP contribution in [0.5, 0.6) is 0 Å². The molecule has 0 spiro atoms. The third kappa shape index (κ3) is 10.9. The summed E-state index contributed by atoms with van der Waals surface area (Å²) in [5, 5.41) is 18.2. The number of nitrogens with two attached hydrogens (primary N) is 3. The topological polar surface area (TPSA) is 320 Å². The predicted molar refractivity (Wildman–Crippen MR) is 271 cm³/mol. The third-order valence-corrected chi connectivity index (χ3v) is 14.2. The van der Waals surface area contributed by atoms with Gasteiger partial charge in [0.05, 0.1) is 39.6 Å². The van der Waals surface area contributed by atoms with Gasteiger partial charge in [0.15, 0.2) is 0 Å². The van der Waals surface area contributed by atoms with Crippen molar-refractivity contribution in [3.05, 3.63) is 143 Å². The van der Waals surface area contributed by atoms with Gasteiger partial charge in [0.2, 0.25) is 31.9 Å². The molecule has 8 rings (SSSR count). The number of fused-ring (bicyclic) bond motifs is 2. The van der Waals surface area contributed by atoms with Gasteiger partial charge in [-0.25, -0.2) is 16.8 Å². The summed E-state index contributed by atoms with van der Waals surface area (Å²) >= 11 is 0. The van der Waals surface area contributed by atoms with Crippen molar-refractivity contribution < 1.29 is 40.9 Å². The molecule has 6 aromatic rings. The van der Waals surface area contributed by atoms with Gasteiger partial charge in [-0.3, -0.25) is 29.3 Å². The molecule has 0 aliphatic carbocycles. The zero-order valence-electron chi connectivity index (χ0n) is 37.9. The van der Waals surface area contributed by atoms with Crippen molar-refractivity contribution in [1.29, 1.82) is 0 Å². The number of hydrogen-bond donors (Lipinski definition) is 7. The number of benzene rings is 4. The Labute approximate surface area is 401 Å². The van der Waals surface area contributed by atoms with Crippen LogP contribution in [-0.2, 0) is 29.6 Å². The van der Waals surface area contributed by atoms with Gasteiger partial charge in [0.1, 0.15) is 0 Å². The molecule has 2 aliphatic rings. The lowest BCUT2D eigenvalue weighted by Gasteiger charge is -2.23. The molecular weight excluding hydrogens is 941 g/mol. The fourth-order valence-corrected chi connectivity index (χ4v) is 9.84. The van der Waals surface area contributed by atoms with Crippen LogP contribution in [-0.4, -0.2) is 103 Å². The van der Waals surface area contributed by atoms with Crippen LogP contribution in [0.1, 0.15) is 44.9 Å². The number of rotatable bonds is 13. The predicted octanol–water partition coefficient (Wildman–Crippen LogP) is 5.70. The van der Waals surface area contributed by atoms with E-state index in [0.717, 1.165) is 45.7 Å². The van der Waals surface area contributed by atoms with Gasteiger partial charge in [-0.15, -0.1) is 0 Å². The van der Waals surface area contributed by atoms with Crippen LogP contribution >= 0.6 is 0 Å². The zero-order valence-corrected chi connectivity index (χ0v) is 39.5. The maximum atomic E-state index is 12.1. The van der Waals surface area contributed by atoms with Crippen LogP contribution in [0.2, 0.25) is 0 Å². The molecule has 0 saturated heterocycles. The van der Waals surface area contributed by atoms with E-state index in [1.54, 1.807) is 54.6 Å². The first kappa shape index (κ1) is 49.7. The first-order chi connectivity index (χ1) is 33.0. The fraction of sp³-hybridized carbons (Fsp3) is 0.167. The SMILES string of the molecule is C=CC(=O)Nc1cc(-c2ccc(C(N)=O)c3[nH]c(C4=CCN(S(C)(=O)=O)CC4)cc23)cc([N+](=O)[O-])c1.C=CC(=O)Nc1cc(N)cc(-c2ccc(C(N)=O)c3[nH]c(C4=CCN(S(C)(=O)=O)CC4)cc23)c1. The summed E-state index contributed by atoms with van der Waals surface area (Å²) < 4.78 is 50.1. The number of sulfonamides is 2. The first-order valence-electron chi connectivity index (χ1n) is 21.3. The Bertz CT molecular complexity index is 3500. The number of nitro benzene ring substituents is 1. The smallest absolute Gasteiger partial charge is 0.272 e. The minimum Gasteiger partial charge on any atom is -0.399 e. The molecule has 10 N–H and O–H groups in total. The molecule has 0 saturated carbocycles. The molecule has 70 heavy (non-hydrogen) atoms. The van der Waals surface area contributed by atoms with Crippen LogP contribution < -0.4 is 27.8 Å². The Morgan fingerprint density at radius 1 is 0.671 bits per heavy atom. The monoisotopic (exact) mass is 988 g/mol. The summed E-state index contributed by atoms with van der Waals surface area (Å²) in [6.45, 7) is 8.03. The molecule has 2 aromatic heterocycles. The standard InChI is InChI=1S/C24H23N5O6S.C24H25N5O4S/c1-3-22(30)26-16-10-15(11-17(12-16)29(32)33)18-4-5-19(24(25)31)23-20(18)13-21(27-23)14-6-8-28(9-7-14)36(2,34)35;1-3-22(30)27-17-11-15(10-16(25)12-17)18-4-5-19(24(26)31)23-20(18)13-21(28-23)14-6-8-29(9-7-14)34(2,32)33/h3-6,10-13,27H,1,7-9H2,2H3,(H2,25,31)(H,26,30);3-6,10-13,28H,1,7-9,25H2,2H3,(H2,26,31)(H,27,30). The Morgan fingerprint density at radius 2 is 1.10 bits per heavy atom. The van der Waals surface area contributed by atoms with E-state index in [9.17, 15) is 46.1 Å². The fourth-order valence-electron chi connectivity index (χ4n) is 8.30. The van der Waals surface area contributed by atoms with Crippen molar-refractivity contribution in [2.24, 2.45) is 11.5 Å². The molecule has 4 amide bonds. The molecule has 0 radical (unpaired) electrons. The number of non-ortho nitro benzene ring substituents is 1. The summed E-state index contributed by atoms with van der Waals surface area (Å²) in [6, 6.07) is 19.7. The Balaban J connectivity index is 0.000000207. The third-order valence-electron chi connectivity index (χ3n) is 11.7. The lowest BCUT2D eigenvalue weighted by Crippen LogP contribution is -2.33. The highest BCUT2D eigenvalue weighted by molar-refractivity contribution is 7.88. The van der Waals surface area contributed by atoms with Crippen molar-refractivity contribution in [3.63, 3.8) is 0 Å². The lowest BCUT2D eigenvalue weighted by molar-refractivity contribution is -0.384. The second kappa shape index (κ2) is 19.8. The number of aromatic nitrogens is 2. The lowest BCUT2D eigenvalue weighted by atomic mass is 9.97. The molecule has 0 atom stereocenters. The number of primary amides is 2. The van der Waals surface area contributed by atoms with Gasteiger partial charge >= 0.3 is 0 Å². The highest BCUT2D eigenvalue weighted by Gasteiger charge is 2.25. The van der Waals surface area contributed by atoms with Crippen LogP contribution in [0.25, 0.3) is 55.2 Å². The van der Waals surface area contributed by atoms with Gasteiger partial charge in [0.25, 0.3) is 17.5 Å². The van der Waals surface area contributed by atoms with Gasteiger partial charge in [0, 0.05) is 77.5 Å². The van der Waals surface area contributed by atoms with Gasteiger partial charge in [-0.05, 0) is 107 Å². The second-order valence-corrected chi connectivity index (χ2v) is 20.4. The van der Waals surface area contributed by atoms with E-state index < -0.39 is 42.7 Å². The largest absolute Gasteiger partial charge is 0.399 e. The highest BCUT2D eigenvalue weighted by atomic mass is 32.2. The summed E-state index contributed by atoms with van der Waals surface area (Å²) in [7, 11) is -6.58. The number of nitrogens with zero attached hydrogens (tertiary/aromatic N) is 3. The number of amides is 4. The Hall–Kier alpha value is -8.18. The number of nitro groups is 1. The second-order valence-electron chi connectivity index (χ2n) is 16.5. The van der Waals surface area contributed by atoms with E-state index in [4.69, 9.17) is 17.2 Å². The number of nitrogen functional groups attached to an aromatic ring is 1. The maximum Gasteiger partial charge on any atom is 0.272 e. The molecule has 4 heterocycles. The highest BCUT2D eigenvalue weighted by Crippen LogP contribution is 2.39. The number of H-pyrrole nitrogens is 2. The molecular formula is C48H48N10O10S2. The summed E-state index contributed by atoms with van der Waals surface area (Å²) in [5.74, 6) is -2.11. The van der Waals surface area contributed by atoms with Crippen molar-refractivity contribution in [2.45, 2.75) is 12.8 Å². The Morgan fingerprint density at radius 3 is 1.47 bits per heavy atom. The van der Waals surface area contributed by atoms with E-state index in [1.807, 2.05) is 12.1 Å². The number of nitrogens with one attached hydrogen (secondary N) is 4. The minimum absolute atomic E-state index is 0.211. The van der Waals surface area contributed by atoms with Crippen molar-refractivity contribution in [2.75, 3.05) is 55.1 Å². The maximum absolute atomic E-state index is 12.1. The number of aromatic amines is 2. The van der Waals surface area contributed by atoms with Gasteiger partial charge < -0.3 is 37.8 Å². The summed E-state index contributed by atoms with van der Waals surface area (Å²) in [6.07, 6.45) is 9.22. The van der Waals surface area contributed by atoms with Crippen molar-refractivity contribution in [3.8, 4) is 22.3 Å². The van der Waals surface area contributed by atoms with E-state index in [1.165, 1.54) is 39.1 Å². The number of carbonyl (C=O) groups is 4. The summed E-state index contributed by atoms with van der Waals surface area (Å²) in [4.78, 5) is 65.3. The molecule has 0 bridgehead atoms. The number of carbonyl (C=O) groups excluding carboxylic acids is 4. The van der Waals surface area contributed by atoms with Crippen LogP contribution in [0, 0.1) is 10.1 Å². The quantitative estimate of drug-likeness (QED) is 0.0318. The summed E-state index contributed by atoms with van der Waals surface area (Å²) in [5.41, 5.74) is 25.7. The van der Waals surface area contributed by atoms with Gasteiger partial charge in [-0.1, -0.05) is 37.4 Å². The van der Waals surface area contributed by atoms with E-state index in [2.05, 4.69) is 33.8 Å². The molecule has 0 fully saturated rings. The molecule has 4 aromatic carbocycles. The molecule has 362 valence electrons. The van der Waals surface area contributed by atoms with Crippen LogP contribution in [0.15, 0.2) is 110 Å². The zero-order chi connectivity index (χ0) is 50.8. The Kier molecular flexibility index (Phi) is 14.1. The first-order valence-corrected chi connectivity index (χ1v) is 25.0. The average Bonchev–Trinajstić information content (AvgIpc) is 3.96. The van der Waals surface area contributed by atoms with E-state index in [0.29, 0.717) is 76.1 Å². The van der Waals surface area contributed by atoms with E-state index in [-0.39, 0.29) is 35.9 Å². The number of hydrogen-bond acceptors (Lipinski definition) is 11. The van der Waals surface area contributed by atoms with Crippen molar-refractivity contribution >= 4 is 99.4 Å². The normalized spacial score (nSPS) is 14.4. The van der Waals surface area contributed by atoms with Gasteiger partial charge in [-0.2, -0.15) is 8.61 Å². The van der Waals surface area contributed by atoms with Crippen LogP contribution in [0.4, 0.5) is 22.7 Å². The molecule has 22 heteroatoms. The van der Waals surface area contributed by atoms with Crippen molar-refractivity contribution in [1.82, 2.24) is 18.6 Å².